The predicted molar refractivity (Wildman–Crippen MR) is 57.3 cm³/mol. The fourth-order valence-electron chi connectivity index (χ4n) is 1.02. The van der Waals surface area contributed by atoms with Gasteiger partial charge >= 0.3 is 0 Å². The first-order chi connectivity index (χ1) is 7.58. The smallest absolute Gasteiger partial charge is 0.258 e. The van der Waals surface area contributed by atoms with Gasteiger partial charge in [0, 0.05) is 6.07 Å². The molecule has 5 nitrogen and oxygen atoms in total. The van der Waals surface area contributed by atoms with Crippen LogP contribution in [0.1, 0.15) is 5.56 Å². The Bertz CT molecular complexity index is 536. The van der Waals surface area contributed by atoms with Gasteiger partial charge in [-0.2, -0.15) is 10.5 Å². The highest BCUT2D eigenvalue weighted by Gasteiger charge is 2.11. The first kappa shape index (κ1) is 11.7. The van der Waals surface area contributed by atoms with Crippen molar-refractivity contribution in [3.8, 4) is 12.1 Å². The highest BCUT2D eigenvalue weighted by molar-refractivity contribution is 6.32. The third-order valence-electron chi connectivity index (χ3n) is 1.72. The molecule has 0 saturated carbocycles. The van der Waals surface area contributed by atoms with Gasteiger partial charge in [-0.3, -0.25) is 10.1 Å². The van der Waals surface area contributed by atoms with Crippen LogP contribution in [0, 0.1) is 32.8 Å². The summed E-state index contributed by atoms with van der Waals surface area (Å²) < 4.78 is 0. The average molecular weight is 234 g/mol. The molecule has 0 N–H and O–H groups in total. The Hall–Kier alpha value is -2.37. The summed E-state index contributed by atoms with van der Waals surface area (Å²) in [7, 11) is 0. The fraction of sp³-hybridized carbons (Fsp3) is 0. The molecule has 0 aromatic heterocycles. The molecule has 0 unspecified atom stereocenters. The minimum atomic E-state index is -0.606. The normalized spacial score (nSPS) is 8.69. The Balaban J connectivity index is 3.19. The lowest BCUT2D eigenvalue weighted by Gasteiger charge is -1.96. The SMILES string of the molecule is N#CC(C#N)=Cc1ccc([N+](=O)[O-])c(Cl)c1. The number of halogens is 1. The number of allylic oxidation sites excluding steroid dienone is 1. The van der Waals surface area contributed by atoms with Crippen LogP contribution in [-0.2, 0) is 0 Å². The lowest BCUT2D eigenvalue weighted by Crippen LogP contribution is -1.89. The summed E-state index contributed by atoms with van der Waals surface area (Å²) in [6.07, 6.45) is 1.30. The maximum atomic E-state index is 10.5. The van der Waals surface area contributed by atoms with Crippen LogP contribution in [0.15, 0.2) is 23.8 Å². The quantitative estimate of drug-likeness (QED) is 0.446. The fourth-order valence-corrected chi connectivity index (χ4v) is 1.28. The molecule has 0 aliphatic rings. The van der Waals surface area contributed by atoms with E-state index in [1.807, 2.05) is 0 Å². The van der Waals surface area contributed by atoms with Crippen LogP contribution in [0.25, 0.3) is 6.08 Å². The molecule has 78 valence electrons. The summed E-state index contributed by atoms with van der Waals surface area (Å²) in [6, 6.07) is 7.33. The molecule has 0 fully saturated rings. The zero-order valence-electron chi connectivity index (χ0n) is 7.85. The van der Waals surface area contributed by atoms with Gasteiger partial charge in [-0.25, -0.2) is 0 Å². The molecule has 0 saturated heterocycles. The molecule has 0 atom stereocenters. The molecule has 0 radical (unpaired) electrons. The summed E-state index contributed by atoms with van der Waals surface area (Å²) >= 11 is 5.66. The van der Waals surface area contributed by atoms with Crippen molar-refractivity contribution in [2.24, 2.45) is 0 Å². The molecular weight excluding hydrogens is 230 g/mol. The Morgan fingerprint density at radius 1 is 1.44 bits per heavy atom. The van der Waals surface area contributed by atoms with E-state index in [0.717, 1.165) is 0 Å². The highest BCUT2D eigenvalue weighted by Crippen LogP contribution is 2.25. The van der Waals surface area contributed by atoms with Crippen molar-refractivity contribution in [3.63, 3.8) is 0 Å². The molecule has 1 rings (SSSR count). The molecule has 1 aromatic carbocycles. The maximum absolute atomic E-state index is 10.5. The Morgan fingerprint density at radius 2 is 2.06 bits per heavy atom. The van der Waals surface area contributed by atoms with E-state index in [2.05, 4.69) is 0 Å². The number of nitro groups is 1. The van der Waals surface area contributed by atoms with E-state index in [1.165, 1.54) is 24.3 Å². The highest BCUT2D eigenvalue weighted by atomic mass is 35.5. The Morgan fingerprint density at radius 3 is 2.50 bits per heavy atom. The van der Waals surface area contributed by atoms with Crippen molar-refractivity contribution in [1.29, 1.82) is 10.5 Å². The summed E-state index contributed by atoms with van der Waals surface area (Å²) in [5, 5.41) is 27.5. The van der Waals surface area contributed by atoms with Crippen molar-refractivity contribution >= 4 is 23.4 Å². The van der Waals surface area contributed by atoms with Gasteiger partial charge in [0.1, 0.15) is 22.7 Å². The number of hydrogen-bond acceptors (Lipinski definition) is 4. The predicted octanol–water partition coefficient (Wildman–Crippen LogP) is 2.68. The van der Waals surface area contributed by atoms with Gasteiger partial charge in [0.15, 0.2) is 0 Å². The number of benzene rings is 1. The van der Waals surface area contributed by atoms with Crippen molar-refractivity contribution < 1.29 is 4.92 Å². The summed E-state index contributed by atoms with van der Waals surface area (Å²) in [5.74, 6) is 0. The molecule has 0 aliphatic heterocycles. The van der Waals surface area contributed by atoms with Crippen LogP contribution in [-0.4, -0.2) is 4.92 Å². The summed E-state index contributed by atoms with van der Waals surface area (Å²) in [4.78, 5) is 9.86. The number of nitriles is 2. The third kappa shape index (κ3) is 2.57. The molecule has 6 heteroatoms. The van der Waals surface area contributed by atoms with Crippen molar-refractivity contribution in [1.82, 2.24) is 0 Å². The van der Waals surface area contributed by atoms with Gasteiger partial charge < -0.3 is 0 Å². The summed E-state index contributed by atoms with van der Waals surface area (Å²) in [5.41, 5.74) is 0.160. The van der Waals surface area contributed by atoms with E-state index in [9.17, 15) is 10.1 Å². The number of rotatable bonds is 2. The zero-order valence-corrected chi connectivity index (χ0v) is 8.60. The van der Waals surface area contributed by atoms with Gasteiger partial charge in [-0.15, -0.1) is 0 Å². The maximum Gasteiger partial charge on any atom is 0.287 e. The molecule has 0 bridgehead atoms. The average Bonchev–Trinajstić information content (AvgIpc) is 2.25. The van der Waals surface area contributed by atoms with E-state index in [4.69, 9.17) is 22.1 Å². The standard InChI is InChI=1S/C10H4ClN3O2/c11-9-4-7(3-8(5-12)6-13)1-2-10(9)14(15)16/h1-4H. The zero-order chi connectivity index (χ0) is 12.1. The second-order valence-electron chi connectivity index (χ2n) is 2.75. The molecule has 1 aromatic rings. The van der Waals surface area contributed by atoms with E-state index < -0.39 is 4.92 Å². The largest absolute Gasteiger partial charge is 0.287 e. The van der Waals surface area contributed by atoms with Gasteiger partial charge in [-0.1, -0.05) is 11.6 Å². The molecule has 0 aliphatic carbocycles. The number of nitrogens with zero attached hydrogens (tertiary/aromatic N) is 3. The van der Waals surface area contributed by atoms with Crippen LogP contribution in [0.3, 0.4) is 0 Å². The van der Waals surface area contributed by atoms with Crippen LogP contribution in [0.5, 0.6) is 0 Å². The topological polar surface area (TPSA) is 90.7 Å². The second-order valence-corrected chi connectivity index (χ2v) is 3.16. The van der Waals surface area contributed by atoms with Gasteiger partial charge in [0.2, 0.25) is 0 Å². The van der Waals surface area contributed by atoms with Crippen LogP contribution in [0.4, 0.5) is 5.69 Å². The van der Waals surface area contributed by atoms with Gasteiger partial charge in [0.25, 0.3) is 5.69 Å². The molecule has 0 amide bonds. The van der Waals surface area contributed by atoms with E-state index in [-0.39, 0.29) is 16.3 Å². The van der Waals surface area contributed by atoms with E-state index in [1.54, 1.807) is 12.1 Å². The van der Waals surface area contributed by atoms with Crippen molar-refractivity contribution in [3.05, 3.63) is 44.5 Å². The van der Waals surface area contributed by atoms with Crippen LogP contribution >= 0.6 is 11.6 Å². The Labute approximate surface area is 95.9 Å². The Kier molecular flexibility index (Phi) is 3.60. The second kappa shape index (κ2) is 4.92. The van der Waals surface area contributed by atoms with Gasteiger partial charge in [0.05, 0.1) is 4.92 Å². The molecule has 16 heavy (non-hydrogen) atoms. The lowest BCUT2D eigenvalue weighted by atomic mass is 10.1. The molecule has 0 spiro atoms. The number of hydrogen-bond donors (Lipinski definition) is 0. The van der Waals surface area contributed by atoms with Crippen LogP contribution < -0.4 is 0 Å². The van der Waals surface area contributed by atoms with Crippen LogP contribution in [0.2, 0.25) is 5.02 Å². The first-order valence-electron chi connectivity index (χ1n) is 4.04. The monoisotopic (exact) mass is 233 g/mol. The first-order valence-corrected chi connectivity index (χ1v) is 4.42. The number of nitro benzene ring substituents is 1. The van der Waals surface area contributed by atoms with Crippen molar-refractivity contribution in [2.75, 3.05) is 0 Å². The minimum Gasteiger partial charge on any atom is -0.258 e. The summed E-state index contributed by atoms with van der Waals surface area (Å²) in [6.45, 7) is 0. The third-order valence-corrected chi connectivity index (χ3v) is 2.02. The minimum absolute atomic E-state index is 0.0334. The van der Waals surface area contributed by atoms with E-state index in [0.29, 0.717) is 5.56 Å². The van der Waals surface area contributed by atoms with Gasteiger partial charge in [-0.05, 0) is 23.8 Å². The van der Waals surface area contributed by atoms with Crippen molar-refractivity contribution in [2.45, 2.75) is 0 Å². The molecule has 0 heterocycles. The lowest BCUT2D eigenvalue weighted by molar-refractivity contribution is -0.384. The van der Waals surface area contributed by atoms with E-state index >= 15 is 0 Å². The molecular formula is C10H4ClN3O2.